The molecule has 120 valence electrons. The van der Waals surface area contributed by atoms with Gasteiger partial charge in [0.1, 0.15) is 6.42 Å². The molecule has 1 aliphatic heterocycles. The molecular formula is C16H28N2O3. The predicted octanol–water partition coefficient (Wildman–Crippen LogP) is 3.37. The highest BCUT2D eigenvalue weighted by molar-refractivity contribution is 6.14. The van der Waals surface area contributed by atoms with Gasteiger partial charge in [-0.3, -0.25) is 19.8 Å². The lowest BCUT2D eigenvalue weighted by Crippen LogP contribution is -2.56. The SMILES string of the molecule is CCCCCCCC(CCCC)N1C(=O)CC(=O)NC1=O. The number of amides is 4. The zero-order valence-corrected chi connectivity index (χ0v) is 13.3. The van der Waals surface area contributed by atoms with Crippen LogP contribution in [-0.4, -0.2) is 28.8 Å². The molecule has 5 heteroatoms. The van der Waals surface area contributed by atoms with Crippen LogP contribution in [0.1, 0.15) is 78.1 Å². The van der Waals surface area contributed by atoms with Crippen molar-refractivity contribution in [2.24, 2.45) is 0 Å². The van der Waals surface area contributed by atoms with Gasteiger partial charge in [0, 0.05) is 6.04 Å². The number of barbiturate groups is 1. The molecule has 1 fully saturated rings. The van der Waals surface area contributed by atoms with E-state index < -0.39 is 11.9 Å². The van der Waals surface area contributed by atoms with Crippen molar-refractivity contribution < 1.29 is 14.4 Å². The second-order valence-corrected chi connectivity index (χ2v) is 5.79. The van der Waals surface area contributed by atoms with Crippen molar-refractivity contribution in [3.8, 4) is 0 Å². The van der Waals surface area contributed by atoms with Gasteiger partial charge in [0.25, 0.3) is 0 Å². The first-order valence-corrected chi connectivity index (χ1v) is 8.26. The number of urea groups is 1. The Bertz CT molecular complexity index is 349. The summed E-state index contributed by atoms with van der Waals surface area (Å²) in [6, 6.07) is -0.599. The zero-order chi connectivity index (χ0) is 15.7. The number of unbranched alkanes of at least 4 members (excludes halogenated alkanes) is 5. The van der Waals surface area contributed by atoms with Gasteiger partial charge in [-0.05, 0) is 12.8 Å². The summed E-state index contributed by atoms with van der Waals surface area (Å²) in [4.78, 5) is 36.4. The quantitative estimate of drug-likeness (QED) is 0.496. The monoisotopic (exact) mass is 296 g/mol. The first-order valence-electron chi connectivity index (χ1n) is 8.26. The highest BCUT2D eigenvalue weighted by atomic mass is 16.2. The fraction of sp³-hybridized carbons (Fsp3) is 0.812. The van der Waals surface area contributed by atoms with Crippen LogP contribution >= 0.6 is 0 Å². The third kappa shape index (κ3) is 5.86. The molecule has 0 aromatic carbocycles. The lowest BCUT2D eigenvalue weighted by Gasteiger charge is -2.32. The van der Waals surface area contributed by atoms with Crippen molar-refractivity contribution in [3.63, 3.8) is 0 Å². The second kappa shape index (κ2) is 9.53. The van der Waals surface area contributed by atoms with E-state index in [4.69, 9.17) is 0 Å². The molecule has 0 spiro atoms. The van der Waals surface area contributed by atoms with E-state index >= 15 is 0 Å². The molecule has 1 unspecified atom stereocenters. The number of nitrogens with zero attached hydrogens (tertiary/aromatic N) is 1. The zero-order valence-electron chi connectivity index (χ0n) is 13.3. The number of hydrogen-bond acceptors (Lipinski definition) is 3. The summed E-state index contributed by atoms with van der Waals surface area (Å²) in [6.45, 7) is 4.28. The second-order valence-electron chi connectivity index (χ2n) is 5.79. The number of nitrogens with one attached hydrogen (secondary N) is 1. The highest BCUT2D eigenvalue weighted by Gasteiger charge is 2.35. The standard InChI is InChI=1S/C16H28N2O3/c1-3-5-7-8-9-11-13(10-6-4-2)18-15(20)12-14(19)17-16(18)21/h13H,3-12H2,1-2H3,(H,17,19,21). The molecule has 21 heavy (non-hydrogen) atoms. The van der Waals surface area contributed by atoms with E-state index in [0.29, 0.717) is 0 Å². The maximum absolute atomic E-state index is 12.0. The summed E-state index contributed by atoms with van der Waals surface area (Å²) in [5.74, 6) is -0.836. The van der Waals surface area contributed by atoms with Crippen LogP contribution in [0.15, 0.2) is 0 Å². The van der Waals surface area contributed by atoms with Crippen LogP contribution < -0.4 is 5.32 Å². The molecule has 1 aliphatic rings. The van der Waals surface area contributed by atoms with E-state index in [-0.39, 0.29) is 18.4 Å². The Kier molecular flexibility index (Phi) is 8.01. The number of carbonyl (C=O) groups excluding carboxylic acids is 3. The van der Waals surface area contributed by atoms with Gasteiger partial charge in [-0.15, -0.1) is 0 Å². The normalized spacial score (nSPS) is 17.0. The summed E-state index contributed by atoms with van der Waals surface area (Å²) in [5, 5.41) is 2.25. The molecular weight excluding hydrogens is 268 g/mol. The van der Waals surface area contributed by atoms with Crippen molar-refractivity contribution in [1.82, 2.24) is 10.2 Å². The summed E-state index contributed by atoms with van der Waals surface area (Å²) >= 11 is 0. The van der Waals surface area contributed by atoms with Crippen molar-refractivity contribution >= 4 is 17.8 Å². The predicted molar refractivity (Wildman–Crippen MR) is 81.7 cm³/mol. The third-order valence-electron chi connectivity index (χ3n) is 3.94. The van der Waals surface area contributed by atoms with Gasteiger partial charge in [0.2, 0.25) is 11.8 Å². The van der Waals surface area contributed by atoms with Crippen LogP contribution in [0.4, 0.5) is 4.79 Å². The molecule has 0 bridgehead atoms. The summed E-state index contributed by atoms with van der Waals surface area (Å²) in [5.41, 5.74) is 0. The van der Waals surface area contributed by atoms with Crippen LogP contribution in [0.3, 0.4) is 0 Å². The largest absolute Gasteiger partial charge is 0.331 e. The molecule has 0 aliphatic carbocycles. The maximum atomic E-state index is 12.0. The topological polar surface area (TPSA) is 66.5 Å². The van der Waals surface area contributed by atoms with Crippen LogP contribution in [0, 0.1) is 0 Å². The first kappa shape index (κ1) is 17.7. The van der Waals surface area contributed by atoms with E-state index in [1.807, 2.05) is 0 Å². The Morgan fingerprint density at radius 2 is 1.57 bits per heavy atom. The molecule has 5 nitrogen and oxygen atoms in total. The van der Waals surface area contributed by atoms with Crippen molar-refractivity contribution in [3.05, 3.63) is 0 Å². The van der Waals surface area contributed by atoms with E-state index in [1.165, 1.54) is 24.2 Å². The molecule has 1 rings (SSSR count). The van der Waals surface area contributed by atoms with Gasteiger partial charge in [0.15, 0.2) is 0 Å². The summed E-state index contributed by atoms with van der Waals surface area (Å²) in [6.07, 6.45) is 9.30. The van der Waals surface area contributed by atoms with Gasteiger partial charge in [-0.1, -0.05) is 58.8 Å². The minimum atomic E-state index is -0.536. The van der Waals surface area contributed by atoms with Gasteiger partial charge < -0.3 is 0 Å². The van der Waals surface area contributed by atoms with Gasteiger partial charge >= 0.3 is 6.03 Å². The van der Waals surface area contributed by atoms with Gasteiger partial charge in [0.05, 0.1) is 0 Å². The molecule has 0 aromatic heterocycles. The molecule has 1 heterocycles. The fourth-order valence-corrected chi connectivity index (χ4v) is 2.75. The number of imide groups is 2. The van der Waals surface area contributed by atoms with Crippen LogP contribution in [0.25, 0.3) is 0 Å². The first-order chi connectivity index (χ1) is 10.1. The number of rotatable bonds is 10. The molecule has 0 radical (unpaired) electrons. The molecule has 1 atom stereocenters. The lowest BCUT2D eigenvalue weighted by atomic mass is 9.99. The minimum Gasteiger partial charge on any atom is -0.277 e. The van der Waals surface area contributed by atoms with Crippen molar-refractivity contribution in [2.75, 3.05) is 0 Å². The lowest BCUT2D eigenvalue weighted by molar-refractivity contribution is -0.137. The van der Waals surface area contributed by atoms with Gasteiger partial charge in [-0.25, -0.2) is 4.79 Å². The van der Waals surface area contributed by atoms with E-state index in [1.54, 1.807) is 0 Å². The summed E-state index contributed by atoms with van der Waals surface area (Å²) < 4.78 is 0. The van der Waals surface area contributed by atoms with E-state index in [2.05, 4.69) is 19.2 Å². The van der Waals surface area contributed by atoms with E-state index in [0.717, 1.165) is 38.5 Å². The molecule has 1 saturated heterocycles. The number of carbonyl (C=O) groups is 3. The minimum absolute atomic E-state index is 0.0628. The summed E-state index contributed by atoms with van der Waals surface area (Å²) in [7, 11) is 0. The Hall–Kier alpha value is -1.39. The highest BCUT2D eigenvalue weighted by Crippen LogP contribution is 2.20. The van der Waals surface area contributed by atoms with E-state index in [9.17, 15) is 14.4 Å². The fourth-order valence-electron chi connectivity index (χ4n) is 2.75. The Labute approximate surface area is 127 Å². The van der Waals surface area contributed by atoms with Gasteiger partial charge in [-0.2, -0.15) is 0 Å². The molecule has 1 N–H and O–H groups in total. The van der Waals surface area contributed by atoms with Crippen LogP contribution in [0.5, 0.6) is 0 Å². The van der Waals surface area contributed by atoms with Crippen molar-refractivity contribution in [2.45, 2.75) is 84.1 Å². The maximum Gasteiger partial charge on any atom is 0.331 e. The Morgan fingerprint density at radius 3 is 2.19 bits per heavy atom. The molecule has 4 amide bonds. The third-order valence-corrected chi connectivity index (χ3v) is 3.94. The van der Waals surface area contributed by atoms with Crippen LogP contribution in [0.2, 0.25) is 0 Å². The van der Waals surface area contributed by atoms with Crippen molar-refractivity contribution in [1.29, 1.82) is 0 Å². The average Bonchev–Trinajstić information content (AvgIpc) is 2.42. The molecule has 0 saturated carbocycles. The Balaban J connectivity index is 2.56. The Morgan fingerprint density at radius 1 is 0.952 bits per heavy atom. The smallest absolute Gasteiger partial charge is 0.277 e. The number of hydrogen-bond donors (Lipinski definition) is 1. The average molecular weight is 296 g/mol. The van der Waals surface area contributed by atoms with Crippen LogP contribution in [-0.2, 0) is 9.59 Å². The molecule has 0 aromatic rings.